The van der Waals surface area contributed by atoms with Crippen LogP contribution in [0.2, 0.25) is 0 Å². The van der Waals surface area contributed by atoms with Gasteiger partial charge in [0.15, 0.2) is 0 Å². The number of hydrogen-bond donors (Lipinski definition) is 2. The van der Waals surface area contributed by atoms with Crippen LogP contribution in [0.4, 0.5) is 0 Å². The number of carbonyl (C=O) groups is 1. The summed E-state index contributed by atoms with van der Waals surface area (Å²) in [6.07, 6.45) is 6.18. The summed E-state index contributed by atoms with van der Waals surface area (Å²) in [5.41, 5.74) is 0.119. The van der Waals surface area contributed by atoms with E-state index in [2.05, 4.69) is 10.6 Å². The Kier molecular flexibility index (Phi) is 2.05. The molecule has 0 radical (unpaired) electrons. The molecule has 1 saturated carbocycles. The smallest absolute Gasteiger partial charge is 0.234 e. The van der Waals surface area contributed by atoms with E-state index < -0.39 is 0 Å². The van der Waals surface area contributed by atoms with Crippen LogP contribution in [0.5, 0.6) is 0 Å². The number of piperazine rings is 1. The van der Waals surface area contributed by atoms with Crippen molar-refractivity contribution in [1.29, 1.82) is 0 Å². The summed E-state index contributed by atoms with van der Waals surface area (Å²) < 4.78 is 0. The number of amides is 1. The molecule has 0 aromatic heterocycles. The zero-order chi connectivity index (χ0) is 8.44. The van der Waals surface area contributed by atoms with Gasteiger partial charge in [0, 0.05) is 6.54 Å². The fourth-order valence-corrected chi connectivity index (χ4v) is 2.33. The highest BCUT2D eigenvalue weighted by atomic mass is 16.2. The van der Waals surface area contributed by atoms with Crippen LogP contribution >= 0.6 is 0 Å². The lowest BCUT2D eigenvalue weighted by molar-refractivity contribution is -0.124. The first-order valence-electron chi connectivity index (χ1n) is 4.83. The Labute approximate surface area is 72.9 Å². The summed E-state index contributed by atoms with van der Waals surface area (Å²) in [6, 6.07) is 0. The molecular weight excluding hydrogens is 152 g/mol. The van der Waals surface area contributed by atoms with Crippen molar-refractivity contribution in [3.05, 3.63) is 0 Å². The maximum Gasteiger partial charge on any atom is 0.234 e. The van der Waals surface area contributed by atoms with E-state index in [1.807, 2.05) is 0 Å². The molecule has 3 nitrogen and oxygen atoms in total. The van der Waals surface area contributed by atoms with Crippen molar-refractivity contribution in [1.82, 2.24) is 10.6 Å². The van der Waals surface area contributed by atoms with Gasteiger partial charge in [0.2, 0.25) is 5.91 Å². The maximum absolute atomic E-state index is 11.2. The minimum Gasteiger partial charge on any atom is -0.348 e. The second-order valence-corrected chi connectivity index (χ2v) is 3.99. The fraction of sp³-hybridized carbons (Fsp3) is 0.889. The summed E-state index contributed by atoms with van der Waals surface area (Å²) >= 11 is 0. The summed E-state index contributed by atoms with van der Waals surface area (Å²) in [7, 11) is 0. The SMILES string of the molecule is O=C1CNCC2(CCCCC2)N1. The minimum absolute atomic E-state index is 0.119. The first kappa shape index (κ1) is 8.05. The van der Waals surface area contributed by atoms with Gasteiger partial charge in [0.1, 0.15) is 0 Å². The van der Waals surface area contributed by atoms with E-state index in [9.17, 15) is 4.79 Å². The first-order valence-corrected chi connectivity index (χ1v) is 4.83. The lowest BCUT2D eigenvalue weighted by atomic mass is 9.80. The summed E-state index contributed by atoms with van der Waals surface area (Å²) in [6.45, 7) is 1.47. The maximum atomic E-state index is 11.2. The van der Waals surface area contributed by atoms with Crippen molar-refractivity contribution in [2.45, 2.75) is 37.6 Å². The van der Waals surface area contributed by atoms with Crippen LogP contribution in [0.3, 0.4) is 0 Å². The van der Waals surface area contributed by atoms with Crippen LogP contribution in [-0.2, 0) is 4.79 Å². The third-order valence-corrected chi connectivity index (χ3v) is 2.96. The Morgan fingerprint density at radius 3 is 2.58 bits per heavy atom. The monoisotopic (exact) mass is 168 g/mol. The molecule has 0 unspecified atom stereocenters. The minimum atomic E-state index is 0.119. The molecule has 2 rings (SSSR count). The van der Waals surface area contributed by atoms with Crippen LogP contribution in [0.25, 0.3) is 0 Å². The Balaban J connectivity index is 2.02. The zero-order valence-corrected chi connectivity index (χ0v) is 7.36. The molecule has 12 heavy (non-hydrogen) atoms. The summed E-state index contributed by atoms with van der Waals surface area (Å²) in [5, 5.41) is 6.31. The molecule has 2 fully saturated rings. The predicted molar refractivity (Wildman–Crippen MR) is 46.8 cm³/mol. The highest BCUT2D eigenvalue weighted by molar-refractivity contribution is 5.79. The molecule has 2 N–H and O–H groups in total. The van der Waals surface area contributed by atoms with Gasteiger partial charge in [-0.25, -0.2) is 0 Å². The molecule has 0 bridgehead atoms. The summed E-state index contributed by atoms with van der Waals surface area (Å²) in [5.74, 6) is 0.170. The molecule has 1 aliphatic carbocycles. The molecule has 0 aromatic rings. The van der Waals surface area contributed by atoms with E-state index in [1.54, 1.807) is 0 Å². The van der Waals surface area contributed by atoms with Gasteiger partial charge in [-0.15, -0.1) is 0 Å². The molecule has 0 aromatic carbocycles. The van der Waals surface area contributed by atoms with Crippen molar-refractivity contribution >= 4 is 5.91 Å². The van der Waals surface area contributed by atoms with E-state index >= 15 is 0 Å². The van der Waals surface area contributed by atoms with E-state index in [0.717, 1.165) is 19.4 Å². The Bertz CT molecular complexity index is 179. The lowest BCUT2D eigenvalue weighted by Crippen LogP contribution is -2.62. The van der Waals surface area contributed by atoms with Crippen LogP contribution in [0.1, 0.15) is 32.1 Å². The highest BCUT2D eigenvalue weighted by Gasteiger charge is 2.35. The molecule has 0 atom stereocenters. The van der Waals surface area contributed by atoms with E-state index in [-0.39, 0.29) is 11.4 Å². The number of nitrogens with one attached hydrogen (secondary N) is 2. The third-order valence-electron chi connectivity index (χ3n) is 2.96. The van der Waals surface area contributed by atoms with Gasteiger partial charge in [0.05, 0.1) is 12.1 Å². The van der Waals surface area contributed by atoms with Gasteiger partial charge in [0.25, 0.3) is 0 Å². The first-order chi connectivity index (χ1) is 5.81. The van der Waals surface area contributed by atoms with Gasteiger partial charge in [-0.2, -0.15) is 0 Å². The number of hydrogen-bond acceptors (Lipinski definition) is 2. The number of rotatable bonds is 0. The normalized spacial score (nSPS) is 28.5. The second-order valence-electron chi connectivity index (χ2n) is 3.99. The molecule has 2 aliphatic rings. The van der Waals surface area contributed by atoms with E-state index in [1.165, 1.54) is 19.3 Å². The van der Waals surface area contributed by atoms with Crippen molar-refractivity contribution < 1.29 is 4.79 Å². The Morgan fingerprint density at radius 1 is 1.17 bits per heavy atom. The quantitative estimate of drug-likeness (QED) is 0.550. The van der Waals surface area contributed by atoms with Gasteiger partial charge in [-0.3, -0.25) is 4.79 Å². The number of carbonyl (C=O) groups excluding carboxylic acids is 1. The molecular formula is C9H16N2O. The van der Waals surface area contributed by atoms with Crippen LogP contribution < -0.4 is 10.6 Å². The largest absolute Gasteiger partial charge is 0.348 e. The fourth-order valence-electron chi connectivity index (χ4n) is 2.33. The topological polar surface area (TPSA) is 41.1 Å². The van der Waals surface area contributed by atoms with Crippen LogP contribution in [0.15, 0.2) is 0 Å². The molecule has 1 amide bonds. The zero-order valence-electron chi connectivity index (χ0n) is 7.36. The molecule has 1 spiro atoms. The Hall–Kier alpha value is -0.570. The molecule has 1 aliphatic heterocycles. The van der Waals surface area contributed by atoms with Gasteiger partial charge < -0.3 is 10.6 Å². The van der Waals surface area contributed by atoms with Crippen molar-refractivity contribution in [3.8, 4) is 0 Å². The molecule has 3 heteroatoms. The van der Waals surface area contributed by atoms with Crippen molar-refractivity contribution in [2.75, 3.05) is 13.1 Å². The average Bonchev–Trinajstić information content (AvgIpc) is 2.05. The predicted octanol–water partition coefficient (Wildman–Crippen LogP) is 0.409. The van der Waals surface area contributed by atoms with Crippen molar-refractivity contribution in [3.63, 3.8) is 0 Å². The summed E-state index contributed by atoms with van der Waals surface area (Å²) in [4.78, 5) is 11.2. The average molecular weight is 168 g/mol. The van der Waals surface area contributed by atoms with Gasteiger partial charge in [-0.1, -0.05) is 19.3 Å². The molecule has 68 valence electrons. The van der Waals surface area contributed by atoms with Crippen LogP contribution in [-0.4, -0.2) is 24.5 Å². The molecule has 1 saturated heterocycles. The van der Waals surface area contributed by atoms with Crippen LogP contribution in [0, 0.1) is 0 Å². The second kappa shape index (κ2) is 3.05. The van der Waals surface area contributed by atoms with Crippen molar-refractivity contribution in [2.24, 2.45) is 0 Å². The van der Waals surface area contributed by atoms with Gasteiger partial charge >= 0.3 is 0 Å². The van der Waals surface area contributed by atoms with Gasteiger partial charge in [-0.05, 0) is 12.8 Å². The standard InChI is InChI=1S/C9H16N2O/c12-8-6-10-7-9(11-8)4-2-1-3-5-9/h10H,1-7H2,(H,11,12). The Morgan fingerprint density at radius 2 is 1.92 bits per heavy atom. The van der Waals surface area contributed by atoms with E-state index in [0.29, 0.717) is 6.54 Å². The molecule has 1 heterocycles. The van der Waals surface area contributed by atoms with E-state index in [4.69, 9.17) is 0 Å². The highest BCUT2D eigenvalue weighted by Crippen LogP contribution is 2.28. The third kappa shape index (κ3) is 1.46. The lowest BCUT2D eigenvalue weighted by Gasteiger charge is -2.41.